The van der Waals surface area contributed by atoms with Crippen molar-refractivity contribution in [1.29, 1.82) is 0 Å². The van der Waals surface area contributed by atoms with Crippen molar-refractivity contribution < 1.29 is 9.47 Å². The van der Waals surface area contributed by atoms with Crippen LogP contribution in [0.5, 0.6) is 0 Å². The van der Waals surface area contributed by atoms with Crippen LogP contribution in [0.2, 0.25) is 0 Å². The molecule has 6 heteroatoms. The Bertz CT molecular complexity index is 334. The zero-order chi connectivity index (χ0) is 14.1. The van der Waals surface area contributed by atoms with E-state index in [4.69, 9.17) is 14.5 Å². The summed E-state index contributed by atoms with van der Waals surface area (Å²) in [4.78, 5) is 8.19. The fourth-order valence-electron chi connectivity index (χ4n) is 1.76. The van der Waals surface area contributed by atoms with Gasteiger partial charge in [-0.2, -0.15) is 0 Å². The van der Waals surface area contributed by atoms with Crippen molar-refractivity contribution in [1.82, 2.24) is 10.3 Å². The number of hydrogen-bond donors (Lipinski definition) is 1. The fraction of sp³-hybridized carbons (Fsp3) is 0.769. The smallest absolute Gasteiger partial charge is 0.185 e. The van der Waals surface area contributed by atoms with Crippen LogP contribution in [0.15, 0.2) is 0 Å². The van der Waals surface area contributed by atoms with Crippen LogP contribution in [0.1, 0.15) is 24.4 Å². The van der Waals surface area contributed by atoms with Crippen LogP contribution in [0.3, 0.4) is 0 Å². The molecule has 0 aliphatic heterocycles. The lowest BCUT2D eigenvalue weighted by Gasteiger charge is -2.19. The number of nitrogens with one attached hydrogen (secondary N) is 1. The quantitative estimate of drug-likeness (QED) is 0.666. The van der Waals surface area contributed by atoms with E-state index in [-0.39, 0.29) is 0 Å². The Morgan fingerprint density at radius 2 is 2.16 bits per heavy atom. The molecule has 1 aromatic heterocycles. The molecule has 0 aliphatic rings. The zero-order valence-electron chi connectivity index (χ0n) is 12.4. The van der Waals surface area contributed by atoms with Gasteiger partial charge in [-0.25, -0.2) is 4.98 Å². The van der Waals surface area contributed by atoms with Crippen molar-refractivity contribution in [2.45, 2.75) is 27.0 Å². The first kappa shape index (κ1) is 16.4. The van der Waals surface area contributed by atoms with Crippen LogP contribution < -0.4 is 10.2 Å². The molecule has 0 spiro atoms. The summed E-state index contributed by atoms with van der Waals surface area (Å²) in [5.74, 6) is 0. The summed E-state index contributed by atoms with van der Waals surface area (Å²) in [6.07, 6.45) is 0. The molecular weight excluding hydrogens is 262 g/mol. The maximum Gasteiger partial charge on any atom is 0.185 e. The van der Waals surface area contributed by atoms with E-state index in [1.165, 1.54) is 4.88 Å². The monoisotopic (exact) mass is 287 g/mol. The number of hydrogen-bond acceptors (Lipinski definition) is 6. The first-order chi connectivity index (χ1) is 9.26. The maximum absolute atomic E-state index is 5.42. The van der Waals surface area contributed by atoms with Crippen molar-refractivity contribution >= 4 is 16.5 Å². The lowest BCUT2D eigenvalue weighted by Crippen LogP contribution is -2.27. The highest BCUT2D eigenvalue weighted by Crippen LogP contribution is 2.26. The number of aromatic nitrogens is 1. The summed E-state index contributed by atoms with van der Waals surface area (Å²) >= 11 is 1.73. The van der Waals surface area contributed by atoms with Crippen molar-refractivity contribution in [3.63, 3.8) is 0 Å². The van der Waals surface area contributed by atoms with E-state index in [9.17, 15) is 0 Å². The van der Waals surface area contributed by atoms with Gasteiger partial charge < -0.3 is 19.7 Å². The molecule has 0 atom stereocenters. The first-order valence-electron chi connectivity index (χ1n) is 6.71. The number of nitrogens with zero attached hydrogens (tertiary/aromatic N) is 2. The van der Waals surface area contributed by atoms with E-state index in [1.54, 1.807) is 18.4 Å². The molecule has 0 saturated heterocycles. The number of rotatable bonds is 10. The molecule has 0 bridgehead atoms. The molecule has 0 aromatic carbocycles. The predicted molar refractivity (Wildman–Crippen MR) is 80.0 cm³/mol. The molecule has 1 rings (SSSR count). The van der Waals surface area contributed by atoms with Gasteiger partial charge in [-0.3, -0.25) is 0 Å². The van der Waals surface area contributed by atoms with Gasteiger partial charge in [-0.05, 0) is 20.9 Å². The Labute approximate surface area is 119 Å². The summed E-state index contributed by atoms with van der Waals surface area (Å²) in [6, 6.07) is 0. The number of thiazole rings is 1. The highest BCUT2D eigenvalue weighted by Gasteiger charge is 2.14. The minimum atomic E-state index is 0.566. The van der Waals surface area contributed by atoms with Crippen LogP contribution >= 0.6 is 11.3 Å². The first-order valence-corrected chi connectivity index (χ1v) is 7.53. The van der Waals surface area contributed by atoms with Gasteiger partial charge in [-0.15, -0.1) is 11.3 Å². The zero-order valence-corrected chi connectivity index (χ0v) is 13.2. The van der Waals surface area contributed by atoms with Crippen molar-refractivity contribution in [2.75, 3.05) is 45.4 Å². The van der Waals surface area contributed by atoms with Crippen LogP contribution in [-0.4, -0.2) is 45.4 Å². The molecule has 1 N–H and O–H groups in total. The van der Waals surface area contributed by atoms with Gasteiger partial charge in [0.2, 0.25) is 0 Å². The van der Waals surface area contributed by atoms with Crippen LogP contribution in [0.25, 0.3) is 0 Å². The molecule has 0 fully saturated rings. The van der Waals surface area contributed by atoms with Crippen molar-refractivity contribution in [3.8, 4) is 0 Å². The molecule has 110 valence electrons. The van der Waals surface area contributed by atoms with E-state index in [0.29, 0.717) is 6.61 Å². The van der Waals surface area contributed by atoms with Gasteiger partial charge in [-0.1, -0.05) is 0 Å². The van der Waals surface area contributed by atoms with Crippen LogP contribution in [0.4, 0.5) is 5.13 Å². The van der Waals surface area contributed by atoms with Gasteiger partial charge in [0.1, 0.15) is 0 Å². The van der Waals surface area contributed by atoms with E-state index in [1.807, 2.05) is 14.0 Å². The van der Waals surface area contributed by atoms with Crippen LogP contribution in [-0.2, 0) is 22.6 Å². The maximum atomic E-state index is 5.42. The van der Waals surface area contributed by atoms with Crippen molar-refractivity contribution in [2.24, 2.45) is 0 Å². The Hall–Kier alpha value is -0.690. The summed E-state index contributed by atoms with van der Waals surface area (Å²) in [7, 11) is 3.65. The third-order valence-corrected chi connectivity index (χ3v) is 3.91. The number of methoxy groups -OCH3 is 1. The molecular formula is C13H25N3O2S. The van der Waals surface area contributed by atoms with Gasteiger partial charge in [0, 0.05) is 38.2 Å². The van der Waals surface area contributed by atoms with Crippen molar-refractivity contribution in [3.05, 3.63) is 10.6 Å². The molecule has 19 heavy (non-hydrogen) atoms. The summed E-state index contributed by atoms with van der Waals surface area (Å²) in [6.45, 7) is 8.87. The molecule has 0 unspecified atom stereocenters. The SMILES string of the molecule is CCOCCN(CC)c1nc(COC)c(CNC)s1. The minimum absolute atomic E-state index is 0.566. The van der Waals surface area contributed by atoms with E-state index in [2.05, 4.69) is 17.1 Å². The second kappa shape index (κ2) is 9.25. The summed E-state index contributed by atoms with van der Waals surface area (Å²) in [5, 5.41) is 4.23. The average molecular weight is 287 g/mol. The number of anilines is 1. The van der Waals surface area contributed by atoms with Gasteiger partial charge in [0.25, 0.3) is 0 Å². The summed E-state index contributed by atoms with van der Waals surface area (Å²) < 4.78 is 10.6. The highest BCUT2D eigenvalue weighted by atomic mass is 32.1. The molecule has 0 radical (unpaired) electrons. The average Bonchev–Trinajstić information content (AvgIpc) is 2.79. The molecule has 0 saturated carbocycles. The lowest BCUT2D eigenvalue weighted by molar-refractivity contribution is 0.154. The number of ether oxygens (including phenoxy) is 2. The largest absolute Gasteiger partial charge is 0.380 e. The molecule has 0 aliphatic carbocycles. The van der Waals surface area contributed by atoms with Gasteiger partial charge >= 0.3 is 0 Å². The second-order valence-corrected chi connectivity index (χ2v) is 5.17. The minimum Gasteiger partial charge on any atom is -0.380 e. The van der Waals surface area contributed by atoms with Crippen LogP contribution in [0, 0.1) is 0 Å². The third-order valence-electron chi connectivity index (χ3n) is 2.75. The molecule has 1 heterocycles. The standard InChI is InChI=1S/C13H25N3O2S/c1-5-16(7-8-18-6-2)13-15-11(10-17-4)12(19-13)9-14-3/h14H,5-10H2,1-4H3. The Balaban J connectivity index is 2.75. The molecule has 1 aromatic rings. The topological polar surface area (TPSA) is 46.6 Å². The fourth-order valence-corrected chi connectivity index (χ4v) is 2.93. The van der Waals surface area contributed by atoms with E-state index >= 15 is 0 Å². The molecule has 5 nitrogen and oxygen atoms in total. The second-order valence-electron chi connectivity index (χ2n) is 4.11. The Morgan fingerprint density at radius 3 is 2.74 bits per heavy atom. The van der Waals surface area contributed by atoms with Gasteiger partial charge in [0.15, 0.2) is 5.13 Å². The van der Waals surface area contributed by atoms with E-state index in [0.717, 1.165) is 43.7 Å². The Kier molecular flexibility index (Phi) is 7.97. The number of likely N-dealkylation sites (N-methyl/N-ethyl adjacent to an activating group) is 1. The third kappa shape index (κ3) is 5.06. The lowest BCUT2D eigenvalue weighted by atomic mass is 10.4. The summed E-state index contributed by atoms with van der Waals surface area (Å²) in [5.41, 5.74) is 1.03. The van der Waals surface area contributed by atoms with Gasteiger partial charge in [0.05, 0.1) is 18.9 Å². The van der Waals surface area contributed by atoms with E-state index < -0.39 is 0 Å². The highest BCUT2D eigenvalue weighted by molar-refractivity contribution is 7.15. The Morgan fingerprint density at radius 1 is 1.37 bits per heavy atom. The molecule has 0 amide bonds. The normalized spacial score (nSPS) is 10.9. The predicted octanol–water partition coefficient (Wildman–Crippen LogP) is 1.87.